The summed E-state index contributed by atoms with van der Waals surface area (Å²) in [5, 5.41) is 23.5. The molecule has 1 amide bonds. The second-order valence-corrected chi connectivity index (χ2v) is 26.7. The van der Waals surface area contributed by atoms with Crippen molar-refractivity contribution in [2.45, 2.75) is 450 Å². The molecule has 0 bridgehead atoms. The summed E-state index contributed by atoms with van der Waals surface area (Å²) >= 11 is 0. The van der Waals surface area contributed by atoms with Gasteiger partial charge in [0.15, 0.2) is 0 Å². The summed E-state index contributed by atoms with van der Waals surface area (Å²) in [6, 6.07) is -0.545. The van der Waals surface area contributed by atoms with E-state index in [2.05, 4.69) is 43.5 Å². The van der Waals surface area contributed by atoms with Crippen LogP contribution in [0.15, 0.2) is 24.3 Å². The molecule has 0 rings (SSSR count). The van der Waals surface area contributed by atoms with E-state index in [4.69, 9.17) is 4.74 Å². The Labute approximate surface area is 526 Å². The Bertz CT molecular complexity index is 1320. The first-order valence-corrected chi connectivity index (χ1v) is 38.6. The van der Waals surface area contributed by atoms with Crippen LogP contribution in [0.4, 0.5) is 0 Å². The van der Waals surface area contributed by atoms with Crippen molar-refractivity contribution in [2.75, 3.05) is 13.2 Å². The molecule has 0 radical (unpaired) electrons. The van der Waals surface area contributed by atoms with Crippen LogP contribution in [0.5, 0.6) is 0 Å². The third kappa shape index (κ3) is 69.4. The first kappa shape index (κ1) is 82.3. The number of carbonyl (C=O) groups excluding carboxylic acids is 2. The number of hydrogen-bond donors (Lipinski definition) is 3. The number of carbonyl (C=O) groups is 2. The molecular formula is C78H151NO5. The van der Waals surface area contributed by atoms with Crippen molar-refractivity contribution in [2.24, 2.45) is 0 Å². The molecule has 0 aromatic rings. The molecule has 0 aromatic heterocycles. The van der Waals surface area contributed by atoms with Gasteiger partial charge in [-0.1, -0.05) is 372 Å². The molecule has 498 valence electrons. The van der Waals surface area contributed by atoms with Crippen LogP contribution in [0.1, 0.15) is 438 Å². The molecule has 84 heavy (non-hydrogen) atoms. The SMILES string of the molecule is CCCCCCCC/C=C\CCCCCCCCCCCC(=O)OCCCCCCCCCCCCCC/C=C\CCCCCCCCCCCC(=O)NC(CO)C(O)CCCCCCCCCCCCCCCCCCCCCCCCC. The number of aliphatic hydroxyl groups excluding tert-OH is 2. The van der Waals surface area contributed by atoms with Crippen LogP contribution in [0, 0.1) is 0 Å². The van der Waals surface area contributed by atoms with Gasteiger partial charge in [0.2, 0.25) is 5.91 Å². The van der Waals surface area contributed by atoms with Gasteiger partial charge >= 0.3 is 5.97 Å². The third-order valence-corrected chi connectivity index (χ3v) is 18.2. The fourth-order valence-electron chi connectivity index (χ4n) is 12.3. The highest BCUT2D eigenvalue weighted by Gasteiger charge is 2.20. The van der Waals surface area contributed by atoms with Crippen molar-refractivity contribution < 1.29 is 24.5 Å². The zero-order valence-corrected chi connectivity index (χ0v) is 57.2. The van der Waals surface area contributed by atoms with Gasteiger partial charge in [0.1, 0.15) is 0 Å². The first-order chi connectivity index (χ1) is 41.5. The summed E-state index contributed by atoms with van der Waals surface area (Å²) in [5.74, 6) is -0.0186. The average molecular weight is 1180 g/mol. The molecule has 6 heteroatoms. The number of ether oxygens (including phenoxy) is 1. The van der Waals surface area contributed by atoms with E-state index in [0.717, 1.165) is 44.9 Å². The Hall–Kier alpha value is -1.66. The van der Waals surface area contributed by atoms with E-state index in [9.17, 15) is 19.8 Å². The van der Waals surface area contributed by atoms with E-state index >= 15 is 0 Å². The van der Waals surface area contributed by atoms with Crippen LogP contribution < -0.4 is 5.32 Å². The molecule has 3 N–H and O–H groups in total. The predicted octanol–water partition coefficient (Wildman–Crippen LogP) is 25.3. The Balaban J connectivity index is 3.38. The monoisotopic (exact) mass is 1180 g/mol. The van der Waals surface area contributed by atoms with Gasteiger partial charge in [-0.3, -0.25) is 9.59 Å². The van der Waals surface area contributed by atoms with Gasteiger partial charge in [-0.05, 0) is 77.0 Å². The Kier molecular flexibility index (Phi) is 72.3. The lowest BCUT2D eigenvalue weighted by Gasteiger charge is -2.22. The van der Waals surface area contributed by atoms with Crippen molar-refractivity contribution >= 4 is 11.9 Å². The summed E-state index contributed by atoms with van der Waals surface area (Å²) in [5.41, 5.74) is 0. The second kappa shape index (κ2) is 73.8. The van der Waals surface area contributed by atoms with Gasteiger partial charge < -0.3 is 20.3 Å². The fourth-order valence-corrected chi connectivity index (χ4v) is 12.3. The zero-order chi connectivity index (χ0) is 60.6. The summed E-state index contributed by atoms with van der Waals surface area (Å²) in [7, 11) is 0. The third-order valence-electron chi connectivity index (χ3n) is 18.2. The van der Waals surface area contributed by atoms with Gasteiger partial charge in [0.05, 0.1) is 25.4 Å². The molecule has 0 aliphatic carbocycles. The molecular weight excluding hydrogens is 1030 g/mol. The van der Waals surface area contributed by atoms with Crippen LogP contribution in [0.25, 0.3) is 0 Å². The van der Waals surface area contributed by atoms with Gasteiger partial charge in [-0.15, -0.1) is 0 Å². The molecule has 0 heterocycles. The number of allylic oxidation sites excluding steroid dienone is 4. The van der Waals surface area contributed by atoms with E-state index < -0.39 is 12.1 Å². The molecule has 2 unspecified atom stereocenters. The molecule has 0 spiro atoms. The maximum atomic E-state index is 12.6. The molecule has 0 saturated heterocycles. The molecule has 2 atom stereocenters. The van der Waals surface area contributed by atoms with Crippen LogP contribution in [-0.2, 0) is 14.3 Å². The van der Waals surface area contributed by atoms with Gasteiger partial charge in [0.25, 0.3) is 0 Å². The molecule has 0 aliphatic rings. The lowest BCUT2D eigenvalue weighted by Crippen LogP contribution is -2.45. The normalized spacial score (nSPS) is 12.6. The van der Waals surface area contributed by atoms with E-state index in [0.29, 0.717) is 25.9 Å². The lowest BCUT2D eigenvalue weighted by atomic mass is 10.0. The summed E-state index contributed by atoms with van der Waals surface area (Å²) < 4.78 is 5.51. The topological polar surface area (TPSA) is 95.9 Å². The van der Waals surface area contributed by atoms with Crippen LogP contribution in [-0.4, -0.2) is 47.4 Å². The maximum Gasteiger partial charge on any atom is 0.305 e. The molecule has 0 saturated carbocycles. The van der Waals surface area contributed by atoms with Gasteiger partial charge in [-0.25, -0.2) is 0 Å². The first-order valence-electron chi connectivity index (χ1n) is 38.6. The smallest absolute Gasteiger partial charge is 0.305 e. The van der Waals surface area contributed by atoms with E-state index in [1.165, 1.54) is 360 Å². The quantitative estimate of drug-likeness (QED) is 0.0320. The predicted molar refractivity (Wildman–Crippen MR) is 370 cm³/mol. The largest absolute Gasteiger partial charge is 0.466 e. The number of unbranched alkanes of at least 4 members (excludes halogenated alkanes) is 58. The van der Waals surface area contributed by atoms with E-state index in [1.54, 1.807) is 0 Å². The molecule has 0 aliphatic heterocycles. The number of rotatable bonds is 73. The highest BCUT2D eigenvalue weighted by atomic mass is 16.5. The average Bonchev–Trinajstić information content (AvgIpc) is 3.51. The summed E-state index contributed by atoms with van der Waals surface area (Å²) in [6.07, 6.45) is 93.9. The summed E-state index contributed by atoms with van der Waals surface area (Å²) in [4.78, 5) is 24.7. The zero-order valence-electron chi connectivity index (χ0n) is 57.2. The minimum absolute atomic E-state index is 0.0143. The number of aliphatic hydroxyl groups is 2. The molecule has 0 fully saturated rings. The van der Waals surface area contributed by atoms with Crippen LogP contribution in [0.2, 0.25) is 0 Å². The highest BCUT2D eigenvalue weighted by Crippen LogP contribution is 2.20. The fraction of sp³-hybridized carbons (Fsp3) is 0.923. The number of amides is 1. The molecule has 0 aromatic carbocycles. The van der Waals surface area contributed by atoms with Crippen molar-refractivity contribution in [3.8, 4) is 0 Å². The van der Waals surface area contributed by atoms with E-state index in [1.807, 2.05) is 0 Å². The number of nitrogens with one attached hydrogen (secondary N) is 1. The van der Waals surface area contributed by atoms with Gasteiger partial charge in [-0.2, -0.15) is 0 Å². The Morgan fingerprint density at radius 1 is 0.321 bits per heavy atom. The minimum Gasteiger partial charge on any atom is -0.466 e. The van der Waals surface area contributed by atoms with E-state index in [-0.39, 0.29) is 18.5 Å². The second-order valence-electron chi connectivity index (χ2n) is 26.7. The highest BCUT2D eigenvalue weighted by molar-refractivity contribution is 5.76. The number of esters is 1. The maximum absolute atomic E-state index is 12.6. The van der Waals surface area contributed by atoms with Crippen LogP contribution in [0.3, 0.4) is 0 Å². The Morgan fingerprint density at radius 2 is 0.560 bits per heavy atom. The van der Waals surface area contributed by atoms with Crippen molar-refractivity contribution in [1.82, 2.24) is 5.32 Å². The van der Waals surface area contributed by atoms with Crippen molar-refractivity contribution in [3.63, 3.8) is 0 Å². The van der Waals surface area contributed by atoms with Crippen molar-refractivity contribution in [3.05, 3.63) is 24.3 Å². The standard InChI is InChI=1S/C78H151NO5/c1-3-5-7-9-11-13-15-17-19-21-23-24-28-31-35-38-42-46-50-54-58-62-66-70-76(81)75(74-80)79-77(82)71-67-63-59-55-51-47-43-39-36-32-29-26-25-27-30-33-37-41-45-49-53-57-61-65-69-73-84-78(83)72-68-64-60-56-52-48-44-40-34-22-20-18-16-14-12-10-8-6-4-2/h18,20,26,29,75-76,80-81H,3-17,19,21-25,27-28,30-74H2,1-2H3,(H,79,82)/b20-18-,29-26-. The molecule has 6 nitrogen and oxygen atoms in total. The van der Waals surface area contributed by atoms with Gasteiger partial charge in [0, 0.05) is 12.8 Å². The van der Waals surface area contributed by atoms with Crippen molar-refractivity contribution in [1.29, 1.82) is 0 Å². The minimum atomic E-state index is -0.668. The summed E-state index contributed by atoms with van der Waals surface area (Å²) in [6.45, 7) is 5.00. The Morgan fingerprint density at radius 3 is 0.845 bits per heavy atom. The van der Waals surface area contributed by atoms with Crippen LogP contribution >= 0.6 is 0 Å². The number of hydrogen-bond acceptors (Lipinski definition) is 5. The lowest BCUT2D eigenvalue weighted by molar-refractivity contribution is -0.143.